The maximum Gasteiger partial charge on any atom is 0.287 e. The number of furan rings is 1. The lowest BCUT2D eigenvalue weighted by atomic mass is 10.1. The number of benzene rings is 1. The molecule has 0 spiro atoms. The molecule has 0 aliphatic rings. The first kappa shape index (κ1) is 18.7. The molecule has 0 saturated heterocycles. The molecule has 0 N–H and O–H groups in total. The quantitative estimate of drug-likeness (QED) is 0.465. The minimum Gasteiger partial charge on any atom is -0.493 e. The van der Waals surface area contributed by atoms with Crippen LogP contribution in [-0.4, -0.2) is 25.0 Å². The fraction of sp³-hybridized carbons (Fsp3) is 0.167. The lowest BCUT2D eigenvalue weighted by molar-refractivity contribution is -0.686. The highest BCUT2D eigenvalue weighted by atomic mass is 79.9. The normalized spacial score (nSPS) is 10.0. The van der Waals surface area contributed by atoms with Crippen LogP contribution < -0.4 is 14.0 Å². The van der Waals surface area contributed by atoms with Gasteiger partial charge in [-0.15, -0.1) is 17.0 Å². The number of Topliss-reactive ketones (excluding diaryl/α,β-unsaturated/α-hetero) is 1. The van der Waals surface area contributed by atoms with Gasteiger partial charge in [0.15, 0.2) is 23.8 Å². The second-order valence-electron chi connectivity index (χ2n) is 5.09. The van der Waals surface area contributed by atoms with Gasteiger partial charge >= 0.3 is 0 Å². The van der Waals surface area contributed by atoms with Crippen LogP contribution in [0, 0.1) is 0 Å². The molecule has 0 atom stereocenters. The Labute approximate surface area is 155 Å². The number of carbonyl (C=O) groups excluding carboxylic acids is 1. The van der Waals surface area contributed by atoms with E-state index in [1.54, 1.807) is 60.8 Å². The molecule has 6 nitrogen and oxygen atoms in total. The number of rotatable bonds is 6. The van der Waals surface area contributed by atoms with Crippen molar-refractivity contribution in [1.82, 2.24) is 4.98 Å². The number of methoxy groups -OCH3 is 2. The summed E-state index contributed by atoms with van der Waals surface area (Å²) in [5.74, 6) is 1.76. The number of hydrogen-bond donors (Lipinski definition) is 0. The largest absolute Gasteiger partial charge is 0.493 e. The van der Waals surface area contributed by atoms with Crippen LogP contribution in [0.2, 0.25) is 0 Å². The second-order valence-corrected chi connectivity index (χ2v) is 5.09. The third-order valence-corrected chi connectivity index (χ3v) is 3.57. The lowest BCUT2D eigenvalue weighted by Crippen LogP contribution is -2.37. The van der Waals surface area contributed by atoms with E-state index in [1.807, 2.05) is 6.07 Å². The van der Waals surface area contributed by atoms with E-state index in [2.05, 4.69) is 4.98 Å². The fourth-order valence-electron chi connectivity index (χ4n) is 2.31. The summed E-state index contributed by atoms with van der Waals surface area (Å²) in [5.41, 5.74) is 1.27. The van der Waals surface area contributed by atoms with Crippen molar-refractivity contribution in [2.45, 2.75) is 6.54 Å². The number of carbonyl (C=O) groups is 1. The van der Waals surface area contributed by atoms with E-state index < -0.39 is 0 Å². The Hall–Kier alpha value is -2.67. The Kier molecular flexibility index (Phi) is 6.30. The van der Waals surface area contributed by atoms with Crippen LogP contribution in [0.4, 0.5) is 0 Å². The molecule has 0 bridgehead atoms. The molecule has 0 unspecified atom stereocenters. The van der Waals surface area contributed by atoms with Crippen molar-refractivity contribution in [2.75, 3.05) is 14.2 Å². The Bertz CT molecular complexity index is 833. The highest BCUT2D eigenvalue weighted by Crippen LogP contribution is 2.27. The minimum atomic E-state index is -0.0477. The molecular weight excluding hydrogens is 388 g/mol. The second kappa shape index (κ2) is 8.43. The predicted octanol–water partition coefficient (Wildman–Crippen LogP) is 3.11. The van der Waals surface area contributed by atoms with Crippen molar-refractivity contribution >= 4 is 22.8 Å². The van der Waals surface area contributed by atoms with Gasteiger partial charge in [0.25, 0.3) is 6.33 Å². The molecule has 0 radical (unpaired) electrons. The van der Waals surface area contributed by atoms with Crippen molar-refractivity contribution < 1.29 is 23.3 Å². The monoisotopic (exact) mass is 405 g/mol. The van der Waals surface area contributed by atoms with Crippen LogP contribution in [-0.2, 0) is 6.54 Å². The lowest BCUT2D eigenvalue weighted by Gasteiger charge is -2.08. The molecule has 25 heavy (non-hydrogen) atoms. The minimum absolute atomic E-state index is 0. The van der Waals surface area contributed by atoms with E-state index in [0.29, 0.717) is 22.8 Å². The molecule has 0 fully saturated rings. The third-order valence-electron chi connectivity index (χ3n) is 3.57. The van der Waals surface area contributed by atoms with Crippen molar-refractivity contribution in [1.29, 1.82) is 0 Å². The summed E-state index contributed by atoms with van der Waals surface area (Å²) >= 11 is 0. The van der Waals surface area contributed by atoms with Crippen LogP contribution >= 0.6 is 17.0 Å². The van der Waals surface area contributed by atoms with Gasteiger partial charge in [-0.3, -0.25) is 4.79 Å². The summed E-state index contributed by atoms with van der Waals surface area (Å²) in [5, 5.41) is 0. The maximum atomic E-state index is 12.4. The standard InChI is InChI=1S/C18H17N2O4.BrH/c1-22-17-6-5-13(10-18(17)23-2)15(21)11-20-8-7-14(19-12-20)16-4-3-9-24-16;/h3-10,12H,11H2,1-2H3;1H/q+1;. The summed E-state index contributed by atoms with van der Waals surface area (Å²) in [6.45, 7) is 0.181. The van der Waals surface area contributed by atoms with Crippen LogP contribution in [0.25, 0.3) is 11.5 Å². The molecule has 1 aromatic carbocycles. The number of hydrogen-bond acceptors (Lipinski definition) is 5. The van der Waals surface area contributed by atoms with Crippen LogP contribution in [0.1, 0.15) is 10.4 Å². The first-order chi connectivity index (χ1) is 11.7. The first-order valence-electron chi connectivity index (χ1n) is 7.35. The smallest absolute Gasteiger partial charge is 0.287 e. The topological polar surface area (TPSA) is 65.4 Å². The fourth-order valence-corrected chi connectivity index (χ4v) is 2.31. The van der Waals surface area contributed by atoms with E-state index >= 15 is 0 Å². The number of ketones is 1. The highest BCUT2D eigenvalue weighted by Gasteiger charge is 2.15. The van der Waals surface area contributed by atoms with E-state index in [9.17, 15) is 4.79 Å². The van der Waals surface area contributed by atoms with Crippen molar-refractivity contribution in [3.05, 3.63) is 60.7 Å². The van der Waals surface area contributed by atoms with Crippen LogP contribution in [0.5, 0.6) is 11.5 Å². The molecule has 2 aromatic heterocycles. The molecule has 3 rings (SSSR count). The average molecular weight is 406 g/mol. The van der Waals surface area contributed by atoms with Gasteiger partial charge in [-0.2, -0.15) is 0 Å². The van der Waals surface area contributed by atoms with Crippen LogP contribution in [0.3, 0.4) is 0 Å². The van der Waals surface area contributed by atoms with Crippen molar-refractivity contribution in [3.63, 3.8) is 0 Å². The van der Waals surface area contributed by atoms with Crippen molar-refractivity contribution in [2.24, 2.45) is 0 Å². The van der Waals surface area contributed by atoms with E-state index in [0.717, 1.165) is 5.69 Å². The molecular formula is C18H18BrN2O4+. The van der Waals surface area contributed by atoms with Crippen molar-refractivity contribution in [3.8, 4) is 23.0 Å². The van der Waals surface area contributed by atoms with Crippen LogP contribution in [0.15, 0.2) is 59.6 Å². The van der Waals surface area contributed by atoms with Gasteiger partial charge in [-0.1, -0.05) is 0 Å². The van der Waals surface area contributed by atoms with Gasteiger partial charge in [0.2, 0.25) is 11.5 Å². The molecule has 7 heteroatoms. The average Bonchev–Trinajstić information content (AvgIpc) is 3.16. The van der Waals surface area contributed by atoms with Gasteiger partial charge in [0, 0.05) is 11.6 Å². The molecule has 0 aliphatic heterocycles. The Morgan fingerprint density at radius 1 is 1.16 bits per heavy atom. The maximum absolute atomic E-state index is 12.4. The van der Waals surface area contributed by atoms with Gasteiger partial charge in [0.1, 0.15) is 0 Å². The number of halogens is 1. The van der Waals surface area contributed by atoms with E-state index in [4.69, 9.17) is 13.9 Å². The SMILES string of the molecule is Br.COc1ccc(C(=O)C[n+]2ccc(-c3ccco3)nc2)cc1OC. The zero-order valence-corrected chi connectivity index (χ0v) is 15.6. The molecule has 2 heterocycles. The summed E-state index contributed by atoms with van der Waals surface area (Å²) in [4.78, 5) is 16.7. The van der Waals surface area contributed by atoms with Gasteiger partial charge < -0.3 is 13.9 Å². The van der Waals surface area contributed by atoms with E-state index in [1.165, 1.54) is 7.11 Å². The summed E-state index contributed by atoms with van der Waals surface area (Å²) in [7, 11) is 3.10. The zero-order chi connectivity index (χ0) is 16.9. The molecule has 130 valence electrons. The first-order valence-corrected chi connectivity index (χ1v) is 7.35. The third kappa shape index (κ3) is 4.24. The summed E-state index contributed by atoms with van der Waals surface area (Å²) < 4.78 is 17.4. The molecule has 0 amide bonds. The molecule has 3 aromatic rings. The van der Waals surface area contributed by atoms with E-state index in [-0.39, 0.29) is 29.3 Å². The van der Waals surface area contributed by atoms with Gasteiger partial charge in [0.05, 0.1) is 26.7 Å². The summed E-state index contributed by atoms with van der Waals surface area (Å²) in [6.07, 6.45) is 5.00. The number of aromatic nitrogens is 2. The van der Waals surface area contributed by atoms with Gasteiger partial charge in [-0.05, 0) is 35.3 Å². The Morgan fingerprint density at radius 2 is 1.96 bits per heavy atom. The summed E-state index contributed by atoms with van der Waals surface area (Å²) in [6, 6.07) is 10.6. The number of ether oxygens (including phenoxy) is 2. The molecule has 0 saturated carbocycles. The highest BCUT2D eigenvalue weighted by molar-refractivity contribution is 8.93. The zero-order valence-electron chi connectivity index (χ0n) is 13.8. The molecule has 0 aliphatic carbocycles. The number of nitrogens with zero attached hydrogens (tertiary/aromatic N) is 2. The predicted molar refractivity (Wildman–Crippen MR) is 96.3 cm³/mol. The Balaban J connectivity index is 0.00000225. The Morgan fingerprint density at radius 3 is 2.56 bits per heavy atom. The van der Waals surface area contributed by atoms with Gasteiger partial charge in [-0.25, -0.2) is 4.57 Å².